The molecule has 0 saturated heterocycles. The lowest BCUT2D eigenvalue weighted by atomic mass is 9.84. The number of aliphatic hydroxyl groups is 1. The Hall–Kier alpha value is -4.01. The van der Waals surface area contributed by atoms with Gasteiger partial charge in [0.25, 0.3) is 11.8 Å². The van der Waals surface area contributed by atoms with Crippen molar-refractivity contribution in [1.29, 1.82) is 0 Å². The second kappa shape index (κ2) is 8.54. The monoisotopic (exact) mass is 518 g/mol. The standard InChI is InChI=1S/C28H20ClFN2O5/c29-20-8-3-1-6-16(20)15-31-21-9-4-2-7-19(21)28(27(31)36)23-24(34)18-14-17(30)10-11-22(18)37-25(23)26(35)32(28)12-5-13-33/h1-4,6-11,14,33H,5,12-13,15H2. The van der Waals surface area contributed by atoms with E-state index < -0.39 is 28.6 Å². The van der Waals surface area contributed by atoms with E-state index in [1.54, 1.807) is 48.5 Å². The summed E-state index contributed by atoms with van der Waals surface area (Å²) in [5.74, 6) is -2.07. The minimum absolute atomic E-state index is 0.0102. The van der Waals surface area contributed by atoms with E-state index in [0.29, 0.717) is 21.8 Å². The van der Waals surface area contributed by atoms with Crippen LogP contribution in [-0.2, 0) is 16.9 Å². The molecule has 2 aliphatic rings. The van der Waals surface area contributed by atoms with Crippen molar-refractivity contribution in [2.24, 2.45) is 0 Å². The van der Waals surface area contributed by atoms with Crippen LogP contribution in [0.5, 0.6) is 0 Å². The van der Waals surface area contributed by atoms with Crippen LogP contribution in [0.15, 0.2) is 75.9 Å². The Morgan fingerprint density at radius 3 is 2.54 bits per heavy atom. The molecule has 0 radical (unpaired) electrons. The van der Waals surface area contributed by atoms with Gasteiger partial charge >= 0.3 is 0 Å². The molecule has 9 heteroatoms. The van der Waals surface area contributed by atoms with Gasteiger partial charge in [-0.2, -0.15) is 0 Å². The van der Waals surface area contributed by atoms with E-state index in [4.69, 9.17) is 16.0 Å². The average Bonchev–Trinajstić information content (AvgIpc) is 3.29. The summed E-state index contributed by atoms with van der Waals surface area (Å²) in [5.41, 5.74) is -0.958. The Bertz CT molecular complexity index is 1670. The van der Waals surface area contributed by atoms with Crippen molar-refractivity contribution in [3.63, 3.8) is 0 Å². The third-order valence-electron chi connectivity index (χ3n) is 7.02. The molecule has 7 nitrogen and oxygen atoms in total. The van der Waals surface area contributed by atoms with Gasteiger partial charge in [-0.25, -0.2) is 4.39 Å². The van der Waals surface area contributed by atoms with Crippen LogP contribution >= 0.6 is 11.6 Å². The van der Waals surface area contributed by atoms with Crippen LogP contribution in [0.4, 0.5) is 10.1 Å². The van der Waals surface area contributed by atoms with Gasteiger partial charge in [-0.05, 0) is 42.3 Å². The molecule has 2 aliphatic heterocycles. The number of benzene rings is 3. The molecule has 2 amide bonds. The molecule has 6 rings (SSSR count). The minimum atomic E-state index is -1.83. The van der Waals surface area contributed by atoms with Crippen molar-refractivity contribution in [2.45, 2.75) is 18.5 Å². The lowest BCUT2D eigenvalue weighted by Crippen LogP contribution is -2.53. The summed E-state index contributed by atoms with van der Waals surface area (Å²) in [7, 11) is 0. The normalized spacial score (nSPS) is 18.2. The van der Waals surface area contributed by atoms with Crippen molar-refractivity contribution < 1.29 is 23.5 Å². The second-order valence-corrected chi connectivity index (χ2v) is 9.43. The molecule has 0 fully saturated rings. The molecule has 3 heterocycles. The summed E-state index contributed by atoms with van der Waals surface area (Å²) in [6, 6.07) is 17.5. The molecule has 0 bridgehead atoms. The largest absolute Gasteiger partial charge is 0.450 e. The Kier molecular flexibility index (Phi) is 5.40. The van der Waals surface area contributed by atoms with Gasteiger partial charge in [-0.1, -0.05) is 48.0 Å². The molecule has 1 aromatic heterocycles. The van der Waals surface area contributed by atoms with E-state index in [2.05, 4.69) is 0 Å². The maximum absolute atomic E-state index is 14.5. The number of halogens is 2. The van der Waals surface area contributed by atoms with Gasteiger partial charge < -0.3 is 19.3 Å². The van der Waals surface area contributed by atoms with Crippen molar-refractivity contribution in [1.82, 2.24) is 4.90 Å². The zero-order valence-corrected chi connectivity index (χ0v) is 20.2. The zero-order chi connectivity index (χ0) is 25.9. The molecule has 1 N–H and O–H groups in total. The summed E-state index contributed by atoms with van der Waals surface area (Å²) >= 11 is 6.40. The molecule has 1 spiro atoms. The third kappa shape index (κ3) is 3.19. The first-order valence-electron chi connectivity index (χ1n) is 11.7. The molecular weight excluding hydrogens is 499 g/mol. The van der Waals surface area contributed by atoms with Crippen LogP contribution in [0.25, 0.3) is 11.0 Å². The highest BCUT2D eigenvalue weighted by Gasteiger charge is 2.64. The molecule has 3 aromatic carbocycles. The van der Waals surface area contributed by atoms with Crippen molar-refractivity contribution in [3.8, 4) is 0 Å². The van der Waals surface area contributed by atoms with Crippen LogP contribution < -0.4 is 10.3 Å². The van der Waals surface area contributed by atoms with Gasteiger partial charge in [-0.3, -0.25) is 14.4 Å². The van der Waals surface area contributed by atoms with Gasteiger partial charge in [0.2, 0.25) is 5.76 Å². The first-order chi connectivity index (χ1) is 17.9. The van der Waals surface area contributed by atoms with Crippen molar-refractivity contribution >= 4 is 40.1 Å². The van der Waals surface area contributed by atoms with E-state index in [1.807, 2.05) is 0 Å². The topological polar surface area (TPSA) is 91.1 Å². The molecule has 4 aromatic rings. The number of carbonyl (C=O) groups is 2. The van der Waals surface area contributed by atoms with Crippen LogP contribution in [0.3, 0.4) is 0 Å². The van der Waals surface area contributed by atoms with Crippen LogP contribution in [0.2, 0.25) is 5.02 Å². The molecule has 0 saturated carbocycles. The van der Waals surface area contributed by atoms with E-state index in [1.165, 1.54) is 15.9 Å². The van der Waals surface area contributed by atoms with Gasteiger partial charge in [0.15, 0.2) is 11.0 Å². The number of aliphatic hydroxyl groups excluding tert-OH is 1. The molecule has 1 unspecified atom stereocenters. The van der Waals surface area contributed by atoms with Crippen molar-refractivity contribution in [2.75, 3.05) is 18.1 Å². The lowest BCUT2D eigenvalue weighted by molar-refractivity contribution is -0.126. The summed E-state index contributed by atoms with van der Waals surface area (Å²) in [4.78, 5) is 45.0. The highest BCUT2D eigenvalue weighted by atomic mass is 35.5. The number of fused-ring (bicyclic) bond motifs is 5. The van der Waals surface area contributed by atoms with Crippen LogP contribution in [0, 0.1) is 5.82 Å². The number of amides is 2. The van der Waals surface area contributed by atoms with E-state index in [-0.39, 0.29) is 48.4 Å². The Morgan fingerprint density at radius 1 is 1.00 bits per heavy atom. The quantitative estimate of drug-likeness (QED) is 0.427. The smallest absolute Gasteiger partial charge is 0.291 e. The SMILES string of the molecule is O=C1c2oc3ccc(F)cc3c(=O)c2C2(C(=O)N(Cc3ccccc3Cl)c3ccccc32)N1CCCO. The first kappa shape index (κ1) is 23.4. The predicted octanol–water partition coefficient (Wildman–Crippen LogP) is 4.21. The van der Waals surface area contributed by atoms with E-state index >= 15 is 0 Å². The summed E-state index contributed by atoms with van der Waals surface area (Å²) in [6.45, 7) is -0.143. The van der Waals surface area contributed by atoms with Gasteiger partial charge in [0.05, 0.1) is 23.2 Å². The number of anilines is 1. The van der Waals surface area contributed by atoms with Crippen molar-refractivity contribution in [3.05, 3.63) is 110 Å². The van der Waals surface area contributed by atoms with E-state index in [0.717, 1.165) is 12.1 Å². The fourth-order valence-electron chi connectivity index (χ4n) is 5.45. The molecule has 37 heavy (non-hydrogen) atoms. The van der Waals surface area contributed by atoms with Gasteiger partial charge in [0, 0.05) is 23.7 Å². The maximum Gasteiger partial charge on any atom is 0.291 e. The zero-order valence-electron chi connectivity index (χ0n) is 19.4. The maximum atomic E-state index is 14.5. The first-order valence-corrected chi connectivity index (χ1v) is 12.1. The fraction of sp³-hybridized carbons (Fsp3) is 0.179. The fourth-order valence-corrected chi connectivity index (χ4v) is 5.64. The Morgan fingerprint density at radius 2 is 1.76 bits per heavy atom. The number of hydrogen-bond acceptors (Lipinski definition) is 5. The minimum Gasteiger partial charge on any atom is -0.450 e. The predicted molar refractivity (Wildman–Crippen MR) is 135 cm³/mol. The van der Waals surface area contributed by atoms with Crippen LogP contribution in [0.1, 0.15) is 33.7 Å². The molecule has 186 valence electrons. The average molecular weight is 519 g/mol. The third-order valence-corrected chi connectivity index (χ3v) is 7.39. The number of nitrogens with zero attached hydrogens (tertiary/aromatic N) is 2. The molecule has 0 aliphatic carbocycles. The summed E-state index contributed by atoms with van der Waals surface area (Å²) in [5, 5.41) is 9.97. The summed E-state index contributed by atoms with van der Waals surface area (Å²) in [6.07, 6.45) is 0.170. The Labute approximate surface area is 215 Å². The van der Waals surface area contributed by atoms with Crippen LogP contribution in [-0.4, -0.2) is 35.0 Å². The number of hydrogen-bond donors (Lipinski definition) is 1. The highest BCUT2D eigenvalue weighted by Crippen LogP contribution is 2.53. The van der Waals surface area contributed by atoms with E-state index in [9.17, 15) is 23.9 Å². The Balaban J connectivity index is 1.66. The summed E-state index contributed by atoms with van der Waals surface area (Å²) < 4.78 is 20.0. The second-order valence-electron chi connectivity index (χ2n) is 9.02. The number of rotatable bonds is 5. The lowest BCUT2D eigenvalue weighted by Gasteiger charge is -2.34. The van der Waals surface area contributed by atoms with Gasteiger partial charge in [-0.15, -0.1) is 0 Å². The molecule has 1 atom stereocenters. The number of para-hydroxylation sites is 1. The molecular formula is C28H20ClFN2O5. The highest BCUT2D eigenvalue weighted by molar-refractivity contribution is 6.31. The van der Waals surface area contributed by atoms with Gasteiger partial charge in [0.1, 0.15) is 11.4 Å². The number of carbonyl (C=O) groups excluding carboxylic acids is 2.